The molecule has 1 atom stereocenters. The van der Waals surface area contributed by atoms with Crippen molar-refractivity contribution < 1.29 is 4.39 Å². The van der Waals surface area contributed by atoms with E-state index in [4.69, 9.17) is 11.6 Å². The minimum atomic E-state index is -0.289. The number of rotatable bonds is 7. The third-order valence-corrected chi connectivity index (χ3v) is 5.59. The van der Waals surface area contributed by atoms with Crippen molar-refractivity contribution >= 4 is 38.9 Å². The Hall–Kier alpha value is -0.420. The van der Waals surface area contributed by atoms with Crippen LogP contribution in [0.25, 0.3) is 0 Å². The van der Waals surface area contributed by atoms with Crippen LogP contribution >= 0.6 is 38.9 Å². The lowest BCUT2D eigenvalue weighted by Gasteiger charge is -2.19. The van der Waals surface area contributed by atoms with Crippen LogP contribution in [0.15, 0.2) is 34.1 Å². The van der Waals surface area contributed by atoms with E-state index in [0.29, 0.717) is 11.1 Å². The number of benzene rings is 1. The van der Waals surface area contributed by atoms with Crippen LogP contribution in [0.2, 0.25) is 5.02 Å². The molecule has 114 valence electrons. The van der Waals surface area contributed by atoms with Gasteiger partial charge in [-0.15, -0.1) is 11.3 Å². The molecule has 5 heteroatoms. The quantitative estimate of drug-likeness (QED) is 0.662. The van der Waals surface area contributed by atoms with Gasteiger partial charge in [-0.2, -0.15) is 0 Å². The molecule has 21 heavy (non-hydrogen) atoms. The van der Waals surface area contributed by atoms with Crippen LogP contribution in [0.3, 0.4) is 0 Å². The molecular weight excluding hydrogens is 373 g/mol. The van der Waals surface area contributed by atoms with Crippen molar-refractivity contribution in [2.75, 3.05) is 6.54 Å². The average Bonchev–Trinajstić information content (AvgIpc) is 2.84. The fraction of sp³-hybridized carbons (Fsp3) is 0.375. The summed E-state index contributed by atoms with van der Waals surface area (Å²) >= 11 is 11.5. The van der Waals surface area contributed by atoms with Crippen molar-refractivity contribution in [3.8, 4) is 0 Å². The fourth-order valence-electron chi connectivity index (χ4n) is 2.21. The second-order valence-corrected chi connectivity index (χ2v) is 7.25. The molecule has 0 aliphatic rings. The van der Waals surface area contributed by atoms with Gasteiger partial charge < -0.3 is 5.32 Å². The summed E-state index contributed by atoms with van der Waals surface area (Å²) in [5, 5.41) is 6.15. The maximum atomic E-state index is 13.1. The Morgan fingerprint density at radius 2 is 2.14 bits per heavy atom. The van der Waals surface area contributed by atoms with Gasteiger partial charge in [0.1, 0.15) is 5.82 Å². The van der Waals surface area contributed by atoms with Gasteiger partial charge in [-0.1, -0.05) is 24.6 Å². The lowest BCUT2D eigenvalue weighted by atomic mass is 10.0. The minimum Gasteiger partial charge on any atom is -0.313 e. The molecular formula is C16H18BrClFNS. The monoisotopic (exact) mass is 389 g/mol. The number of thiophene rings is 1. The molecule has 0 spiro atoms. The second kappa shape index (κ2) is 8.28. The van der Waals surface area contributed by atoms with Crippen LogP contribution in [0.4, 0.5) is 4.39 Å². The maximum absolute atomic E-state index is 13.1. The largest absolute Gasteiger partial charge is 0.313 e. The summed E-state index contributed by atoms with van der Waals surface area (Å²) in [7, 11) is 0. The Morgan fingerprint density at radius 1 is 1.33 bits per heavy atom. The molecule has 1 unspecified atom stereocenters. The van der Waals surface area contributed by atoms with Crippen LogP contribution in [0.5, 0.6) is 0 Å². The van der Waals surface area contributed by atoms with Gasteiger partial charge in [-0.25, -0.2) is 4.39 Å². The van der Waals surface area contributed by atoms with Crippen molar-refractivity contribution in [3.63, 3.8) is 0 Å². The molecule has 2 aromatic rings. The van der Waals surface area contributed by atoms with E-state index in [1.54, 1.807) is 17.4 Å². The summed E-state index contributed by atoms with van der Waals surface area (Å²) in [6, 6.07) is 7.00. The van der Waals surface area contributed by atoms with Gasteiger partial charge >= 0.3 is 0 Å². The maximum Gasteiger partial charge on any atom is 0.124 e. The summed E-state index contributed by atoms with van der Waals surface area (Å²) < 4.78 is 14.3. The van der Waals surface area contributed by atoms with Crippen LogP contribution in [0.1, 0.15) is 23.8 Å². The number of nitrogens with one attached hydrogen (secondary N) is 1. The van der Waals surface area contributed by atoms with Crippen molar-refractivity contribution in [1.29, 1.82) is 0 Å². The molecule has 0 bridgehead atoms. The van der Waals surface area contributed by atoms with Gasteiger partial charge in [-0.05, 0) is 70.9 Å². The molecule has 0 saturated carbocycles. The summed E-state index contributed by atoms with van der Waals surface area (Å²) in [6.07, 6.45) is 2.81. The van der Waals surface area contributed by atoms with Gasteiger partial charge in [0.15, 0.2) is 0 Å². The first kappa shape index (κ1) is 16.9. The molecule has 0 saturated heterocycles. The first-order valence-electron chi connectivity index (χ1n) is 6.99. The van der Waals surface area contributed by atoms with Gasteiger partial charge in [0.2, 0.25) is 0 Å². The van der Waals surface area contributed by atoms with E-state index in [9.17, 15) is 4.39 Å². The van der Waals surface area contributed by atoms with Crippen molar-refractivity contribution in [2.45, 2.75) is 32.2 Å². The summed E-state index contributed by atoms with van der Waals surface area (Å²) in [4.78, 5) is 1.32. The highest BCUT2D eigenvalue weighted by atomic mass is 79.9. The number of hydrogen-bond acceptors (Lipinski definition) is 2. The van der Waals surface area contributed by atoms with E-state index in [1.807, 2.05) is 0 Å². The zero-order valence-corrected chi connectivity index (χ0v) is 15.0. The van der Waals surface area contributed by atoms with Gasteiger partial charge in [0.05, 0.1) is 0 Å². The van der Waals surface area contributed by atoms with E-state index in [2.05, 4.69) is 39.6 Å². The molecule has 0 radical (unpaired) electrons. The predicted molar refractivity (Wildman–Crippen MR) is 92.9 cm³/mol. The molecule has 0 amide bonds. The second-order valence-electron chi connectivity index (χ2n) is 4.99. The summed E-state index contributed by atoms with van der Waals surface area (Å²) in [5.74, 6) is -0.289. The fourth-order valence-corrected chi connectivity index (χ4v) is 4.05. The molecule has 2 rings (SSSR count). The van der Waals surface area contributed by atoms with E-state index < -0.39 is 0 Å². The predicted octanol–water partition coefficient (Wildman–Crippen LogP) is 5.46. The minimum absolute atomic E-state index is 0.289. The molecule has 1 N–H and O–H groups in total. The van der Waals surface area contributed by atoms with E-state index >= 15 is 0 Å². The van der Waals surface area contributed by atoms with Gasteiger partial charge in [0.25, 0.3) is 0 Å². The van der Waals surface area contributed by atoms with Gasteiger partial charge in [0, 0.05) is 20.4 Å². The molecule has 1 heterocycles. The highest BCUT2D eigenvalue weighted by Crippen LogP contribution is 2.26. The van der Waals surface area contributed by atoms with E-state index in [1.165, 1.54) is 17.0 Å². The molecule has 0 aliphatic carbocycles. The zero-order chi connectivity index (χ0) is 15.2. The number of hydrogen-bond donors (Lipinski definition) is 1. The average molecular weight is 391 g/mol. The Labute approximate surface area is 142 Å². The zero-order valence-electron chi connectivity index (χ0n) is 11.8. The van der Waals surface area contributed by atoms with Crippen LogP contribution in [0, 0.1) is 5.82 Å². The highest BCUT2D eigenvalue weighted by molar-refractivity contribution is 9.10. The highest BCUT2D eigenvalue weighted by Gasteiger charge is 2.14. The lowest BCUT2D eigenvalue weighted by molar-refractivity contribution is 0.506. The Bertz CT molecular complexity index is 587. The molecule has 1 aromatic heterocycles. The number of halogens is 3. The smallest absolute Gasteiger partial charge is 0.124 e. The molecule has 1 nitrogen and oxygen atoms in total. The third kappa shape index (κ3) is 5.06. The SMILES string of the molecule is CCCNC(Cc1ccc(F)cc1Cl)Cc1sccc1Br. The summed E-state index contributed by atoms with van der Waals surface area (Å²) in [5.41, 5.74) is 0.986. The Morgan fingerprint density at radius 3 is 2.76 bits per heavy atom. The van der Waals surface area contributed by atoms with Crippen molar-refractivity contribution in [1.82, 2.24) is 5.32 Å². The van der Waals surface area contributed by atoms with Crippen LogP contribution < -0.4 is 5.32 Å². The van der Waals surface area contributed by atoms with E-state index in [-0.39, 0.29) is 5.82 Å². The first-order valence-corrected chi connectivity index (χ1v) is 9.04. The molecule has 0 aliphatic heterocycles. The Balaban J connectivity index is 2.10. The molecule has 0 fully saturated rings. The molecule has 1 aromatic carbocycles. The normalized spacial score (nSPS) is 12.6. The first-order chi connectivity index (χ1) is 10.1. The topological polar surface area (TPSA) is 12.0 Å². The van der Waals surface area contributed by atoms with Crippen molar-refractivity contribution in [2.24, 2.45) is 0 Å². The van der Waals surface area contributed by atoms with Crippen LogP contribution in [-0.4, -0.2) is 12.6 Å². The lowest BCUT2D eigenvalue weighted by Crippen LogP contribution is -2.33. The van der Waals surface area contributed by atoms with Crippen molar-refractivity contribution in [3.05, 3.63) is 55.4 Å². The Kier molecular flexibility index (Phi) is 6.68. The summed E-state index contributed by atoms with van der Waals surface area (Å²) in [6.45, 7) is 3.11. The standard InChI is InChI=1S/C16H18BrClFNS/c1-2-6-20-13(10-16-14(17)5-7-21-16)8-11-3-4-12(19)9-15(11)18/h3-5,7,9,13,20H,2,6,8,10H2,1H3. The third-order valence-electron chi connectivity index (χ3n) is 3.29. The van der Waals surface area contributed by atoms with E-state index in [0.717, 1.165) is 35.8 Å². The van der Waals surface area contributed by atoms with Gasteiger partial charge in [-0.3, -0.25) is 0 Å². The van der Waals surface area contributed by atoms with Crippen LogP contribution in [-0.2, 0) is 12.8 Å².